The second kappa shape index (κ2) is 7.43. The van der Waals surface area contributed by atoms with Gasteiger partial charge in [-0.1, -0.05) is 34.1 Å². The quantitative estimate of drug-likeness (QED) is 0.716. The van der Waals surface area contributed by atoms with Crippen molar-refractivity contribution in [1.29, 1.82) is 0 Å². The van der Waals surface area contributed by atoms with E-state index in [0.29, 0.717) is 6.42 Å². The van der Waals surface area contributed by atoms with E-state index in [-0.39, 0.29) is 18.1 Å². The molecule has 0 amide bonds. The first-order valence-electron chi connectivity index (χ1n) is 7.33. The molecule has 0 aliphatic heterocycles. The van der Waals surface area contributed by atoms with E-state index in [4.69, 9.17) is 0 Å². The molecule has 0 aliphatic carbocycles. The SMILES string of the molecule is CCCc1c(NC)ncnc1NC(CCO)C(C)(C)C. The summed E-state index contributed by atoms with van der Waals surface area (Å²) in [6, 6.07) is 0.169. The van der Waals surface area contributed by atoms with Crippen LogP contribution in [0.1, 0.15) is 46.1 Å². The highest BCUT2D eigenvalue weighted by Gasteiger charge is 2.25. The van der Waals surface area contributed by atoms with Crippen molar-refractivity contribution in [3.63, 3.8) is 0 Å². The predicted octanol–water partition coefficient (Wildman–Crippen LogP) is 2.68. The van der Waals surface area contributed by atoms with Crippen LogP contribution in [-0.4, -0.2) is 34.8 Å². The maximum absolute atomic E-state index is 9.27. The van der Waals surface area contributed by atoms with Crippen LogP contribution < -0.4 is 10.6 Å². The van der Waals surface area contributed by atoms with Gasteiger partial charge in [0.2, 0.25) is 0 Å². The largest absolute Gasteiger partial charge is 0.396 e. The normalized spacial score (nSPS) is 13.1. The summed E-state index contributed by atoms with van der Waals surface area (Å²) in [5.41, 5.74) is 1.17. The Balaban J connectivity index is 3.05. The Hall–Kier alpha value is -1.36. The molecule has 3 N–H and O–H groups in total. The summed E-state index contributed by atoms with van der Waals surface area (Å²) in [4.78, 5) is 8.68. The van der Waals surface area contributed by atoms with Crippen LogP contribution in [-0.2, 0) is 6.42 Å². The molecule has 1 aromatic heterocycles. The topological polar surface area (TPSA) is 70.1 Å². The average Bonchev–Trinajstić information content (AvgIpc) is 2.39. The van der Waals surface area contributed by atoms with Gasteiger partial charge in [0.05, 0.1) is 0 Å². The van der Waals surface area contributed by atoms with E-state index in [9.17, 15) is 5.11 Å². The molecule has 20 heavy (non-hydrogen) atoms. The average molecular weight is 280 g/mol. The van der Waals surface area contributed by atoms with E-state index in [1.165, 1.54) is 0 Å². The Bertz CT molecular complexity index is 415. The molecule has 0 spiro atoms. The van der Waals surface area contributed by atoms with E-state index >= 15 is 0 Å². The zero-order valence-corrected chi connectivity index (χ0v) is 13.3. The Morgan fingerprint density at radius 3 is 2.40 bits per heavy atom. The first-order chi connectivity index (χ1) is 9.43. The van der Waals surface area contributed by atoms with E-state index in [2.05, 4.69) is 48.3 Å². The van der Waals surface area contributed by atoms with Gasteiger partial charge in [-0.05, 0) is 18.3 Å². The summed E-state index contributed by atoms with van der Waals surface area (Å²) in [6.07, 6.45) is 4.24. The zero-order valence-electron chi connectivity index (χ0n) is 13.3. The minimum Gasteiger partial charge on any atom is -0.396 e. The van der Waals surface area contributed by atoms with Crippen molar-refractivity contribution in [1.82, 2.24) is 9.97 Å². The number of hydrogen-bond acceptors (Lipinski definition) is 5. The predicted molar refractivity (Wildman–Crippen MR) is 84.1 cm³/mol. The van der Waals surface area contributed by atoms with Crippen molar-refractivity contribution in [3.8, 4) is 0 Å². The molecule has 0 bridgehead atoms. The molecule has 1 rings (SSSR count). The third-order valence-electron chi connectivity index (χ3n) is 3.46. The van der Waals surface area contributed by atoms with Crippen molar-refractivity contribution >= 4 is 11.6 Å². The van der Waals surface area contributed by atoms with Crippen LogP contribution in [0.3, 0.4) is 0 Å². The van der Waals surface area contributed by atoms with E-state index < -0.39 is 0 Å². The molecule has 5 nitrogen and oxygen atoms in total. The smallest absolute Gasteiger partial charge is 0.134 e. The van der Waals surface area contributed by atoms with Crippen molar-refractivity contribution in [2.24, 2.45) is 5.41 Å². The number of nitrogens with zero attached hydrogens (tertiary/aromatic N) is 2. The van der Waals surface area contributed by atoms with Crippen molar-refractivity contribution in [2.75, 3.05) is 24.3 Å². The monoisotopic (exact) mass is 280 g/mol. The number of aromatic nitrogens is 2. The van der Waals surface area contributed by atoms with Crippen LogP contribution in [0.2, 0.25) is 0 Å². The molecule has 0 saturated heterocycles. The zero-order chi connectivity index (χ0) is 15.2. The van der Waals surface area contributed by atoms with E-state index in [1.54, 1.807) is 6.33 Å². The second-order valence-corrected chi connectivity index (χ2v) is 6.12. The summed E-state index contributed by atoms with van der Waals surface area (Å²) in [7, 11) is 1.88. The fraction of sp³-hybridized carbons (Fsp3) is 0.733. The molecule has 1 heterocycles. The van der Waals surface area contributed by atoms with Gasteiger partial charge < -0.3 is 15.7 Å². The maximum Gasteiger partial charge on any atom is 0.134 e. The van der Waals surface area contributed by atoms with Crippen LogP contribution in [0.4, 0.5) is 11.6 Å². The molecule has 5 heteroatoms. The number of hydrogen-bond donors (Lipinski definition) is 3. The Morgan fingerprint density at radius 2 is 1.90 bits per heavy atom. The van der Waals surface area contributed by atoms with Gasteiger partial charge in [-0.2, -0.15) is 0 Å². The molecule has 0 fully saturated rings. The summed E-state index contributed by atoms with van der Waals surface area (Å²) < 4.78 is 0. The van der Waals surface area contributed by atoms with Crippen LogP contribution >= 0.6 is 0 Å². The molecule has 1 unspecified atom stereocenters. The lowest BCUT2D eigenvalue weighted by atomic mass is 9.85. The summed E-state index contributed by atoms with van der Waals surface area (Å²) in [5, 5.41) is 15.9. The molecular weight excluding hydrogens is 252 g/mol. The van der Waals surface area contributed by atoms with Crippen LogP contribution in [0.15, 0.2) is 6.33 Å². The van der Waals surface area contributed by atoms with Gasteiger partial charge in [-0.3, -0.25) is 0 Å². The minimum absolute atomic E-state index is 0.0526. The lowest BCUT2D eigenvalue weighted by Crippen LogP contribution is -2.35. The van der Waals surface area contributed by atoms with Gasteiger partial charge in [0.15, 0.2) is 0 Å². The van der Waals surface area contributed by atoms with E-state index in [1.807, 2.05) is 7.05 Å². The van der Waals surface area contributed by atoms with Crippen molar-refractivity contribution in [2.45, 2.75) is 53.0 Å². The molecule has 0 aliphatic rings. The van der Waals surface area contributed by atoms with Crippen LogP contribution in [0.5, 0.6) is 0 Å². The van der Waals surface area contributed by atoms with Gasteiger partial charge in [0.1, 0.15) is 18.0 Å². The second-order valence-electron chi connectivity index (χ2n) is 6.12. The summed E-state index contributed by atoms with van der Waals surface area (Å²) >= 11 is 0. The fourth-order valence-corrected chi connectivity index (χ4v) is 2.25. The molecule has 1 atom stereocenters. The van der Waals surface area contributed by atoms with Crippen LogP contribution in [0.25, 0.3) is 0 Å². The van der Waals surface area contributed by atoms with E-state index in [0.717, 1.165) is 30.0 Å². The molecule has 114 valence electrons. The molecule has 0 aromatic carbocycles. The van der Waals surface area contributed by atoms with Crippen LogP contribution in [0, 0.1) is 5.41 Å². The lowest BCUT2D eigenvalue weighted by Gasteiger charge is -2.32. The number of rotatable bonds is 7. The minimum atomic E-state index is 0.0526. The van der Waals surface area contributed by atoms with Gasteiger partial charge in [0.25, 0.3) is 0 Å². The lowest BCUT2D eigenvalue weighted by molar-refractivity contribution is 0.235. The number of nitrogens with one attached hydrogen (secondary N) is 2. The third kappa shape index (κ3) is 4.34. The Morgan fingerprint density at radius 1 is 1.25 bits per heavy atom. The summed E-state index contributed by atoms with van der Waals surface area (Å²) in [5.74, 6) is 1.75. The van der Waals surface area contributed by atoms with Gasteiger partial charge >= 0.3 is 0 Å². The highest BCUT2D eigenvalue weighted by molar-refractivity contribution is 5.57. The first kappa shape index (κ1) is 16.7. The summed E-state index contributed by atoms with van der Waals surface area (Å²) in [6.45, 7) is 8.81. The third-order valence-corrected chi connectivity index (χ3v) is 3.46. The fourth-order valence-electron chi connectivity index (χ4n) is 2.25. The van der Waals surface area contributed by atoms with Gasteiger partial charge in [-0.25, -0.2) is 9.97 Å². The highest BCUT2D eigenvalue weighted by atomic mass is 16.3. The maximum atomic E-state index is 9.27. The van der Waals surface area contributed by atoms with Crippen molar-refractivity contribution < 1.29 is 5.11 Å². The standard InChI is InChI=1S/C15H28N4O/c1-6-7-11-13(16-5)17-10-18-14(11)19-12(8-9-20)15(2,3)4/h10,12,20H,6-9H2,1-5H3,(H2,16,17,18,19). The molecule has 0 radical (unpaired) electrons. The number of aliphatic hydroxyl groups excluding tert-OH is 1. The molecule has 0 saturated carbocycles. The van der Waals surface area contributed by atoms with Crippen molar-refractivity contribution in [3.05, 3.63) is 11.9 Å². The molecular formula is C15H28N4O. The Kier molecular flexibility index (Phi) is 6.20. The number of aliphatic hydroxyl groups is 1. The Labute approximate surface area is 122 Å². The number of anilines is 2. The highest BCUT2D eigenvalue weighted by Crippen LogP contribution is 2.28. The van der Waals surface area contributed by atoms with Gasteiger partial charge in [0, 0.05) is 25.3 Å². The van der Waals surface area contributed by atoms with Gasteiger partial charge in [-0.15, -0.1) is 0 Å². The first-order valence-corrected chi connectivity index (χ1v) is 7.33. The molecule has 1 aromatic rings.